The summed E-state index contributed by atoms with van der Waals surface area (Å²) in [6.07, 6.45) is 4.67. The van der Waals surface area contributed by atoms with E-state index in [0.717, 1.165) is 48.7 Å². The minimum Gasteiger partial charge on any atom is -0.483 e. The fraction of sp³-hybridized carbons (Fsp3) is 0.259. The van der Waals surface area contributed by atoms with Crippen molar-refractivity contribution >= 4 is 44.4 Å². The lowest BCUT2D eigenvalue weighted by Gasteiger charge is -2.23. The molecule has 0 aliphatic carbocycles. The number of benzene rings is 2. The first-order valence-corrected chi connectivity index (χ1v) is 12.8. The number of ether oxygens (including phenoxy) is 3. The lowest BCUT2D eigenvalue weighted by atomic mass is 10.00. The van der Waals surface area contributed by atoms with Crippen LogP contribution in [0.2, 0.25) is 0 Å². The highest BCUT2D eigenvalue weighted by molar-refractivity contribution is 7.22. The third-order valence-corrected chi connectivity index (χ3v) is 7.43. The minimum absolute atomic E-state index is 0.0767. The van der Waals surface area contributed by atoms with Crippen molar-refractivity contribution in [3.8, 4) is 22.2 Å². The molecule has 0 fully saturated rings. The maximum absolute atomic E-state index is 12.3. The monoisotopic (exact) mass is 528 g/mol. The number of amides is 1. The smallest absolute Gasteiger partial charge is 0.411 e. The summed E-state index contributed by atoms with van der Waals surface area (Å²) >= 11 is 1.59. The third kappa shape index (κ3) is 4.45. The van der Waals surface area contributed by atoms with Crippen molar-refractivity contribution in [2.75, 3.05) is 19.0 Å². The molecular formula is C27H24N6O4S. The number of hydrogen-bond acceptors (Lipinski definition) is 10. The summed E-state index contributed by atoms with van der Waals surface area (Å²) in [6, 6.07) is 7.95. The van der Waals surface area contributed by atoms with Crippen LogP contribution in [0.25, 0.3) is 31.8 Å². The molecule has 10 nitrogen and oxygen atoms in total. The molecule has 3 aromatic heterocycles. The molecule has 2 aromatic carbocycles. The van der Waals surface area contributed by atoms with Gasteiger partial charge in [0.25, 0.3) is 0 Å². The second-order valence-electron chi connectivity index (χ2n) is 9.45. The summed E-state index contributed by atoms with van der Waals surface area (Å²) in [4.78, 5) is 34.6. The fourth-order valence-electron chi connectivity index (χ4n) is 4.50. The SMILES string of the molecule is COc1cnc2c(-c3nc4ccc5c(c4s3)CC(C)(COC(=O)Nc3cnc(C)nc3)O5)cc(C)cc2n1. The molecule has 6 rings (SSSR count). The van der Waals surface area contributed by atoms with Crippen LogP contribution in [0.4, 0.5) is 10.5 Å². The maximum atomic E-state index is 12.3. The Balaban J connectivity index is 1.25. The van der Waals surface area contributed by atoms with Crippen molar-refractivity contribution in [3.05, 3.63) is 59.8 Å². The lowest BCUT2D eigenvalue weighted by Crippen LogP contribution is -2.37. The first kappa shape index (κ1) is 24.0. The van der Waals surface area contributed by atoms with Gasteiger partial charge in [0.05, 0.1) is 52.6 Å². The molecule has 4 heterocycles. The van der Waals surface area contributed by atoms with Gasteiger partial charge in [0.2, 0.25) is 5.88 Å². The van der Waals surface area contributed by atoms with Gasteiger partial charge in [0.1, 0.15) is 28.8 Å². The quantitative estimate of drug-likeness (QED) is 0.325. The number of methoxy groups -OCH3 is 1. The third-order valence-electron chi connectivity index (χ3n) is 6.27. The molecule has 1 aliphatic rings. The van der Waals surface area contributed by atoms with Gasteiger partial charge in [-0.15, -0.1) is 11.3 Å². The Bertz CT molecular complexity index is 1700. The zero-order chi connectivity index (χ0) is 26.4. The minimum atomic E-state index is -0.708. The van der Waals surface area contributed by atoms with Gasteiger partial charge in [0, 0.05) is 17.5 Å². The van der Waals surface area contributed by atoms with Gasteiger partial charge in [-0.3, -0.25) is 5.32 Å². The molecule has 192 valence electrons. The summed E-state index contributed by atoms with van der Waals surface area (Å²) in [5.74, 6) is 1.86. The van der Waals surface area contributed by atoms with Crippen molar-refractivity contribution in [3.63, 3.8) is 0 Å². The van der Waals surface area contributed by atoms with Crippen molar-refractivity contribution in [2.24, 2.45) is 0 Å². The van der Waals surface area contributed by atoms with Gasteiger partial charge in [-0.2, -0.15) is 0 Å². The number of carbonyl (C=O) groups excluding carboxylic acids is 1. The molecular weight excluding hydrogens is 504 g/mol. The van der Waals surface area contributed by atoms with Gasteiger partial charge < -0.3 is 14.2 Å². The topological polar surface area (TPSA) is 121 Å². The van der Waals surface area contributed by atoms with E-state index in [1.165, 1.54) is 12.4 Å². The largest absolute Gasteiger partial charge is 0.483 e. The Morgan fingerprint density at radius 1 is 1.11 bits per heavy atom. The molecule has 11 heteroatoms. The van der Waals surface area contributed by atoms with E-state index in [1.807, 2.05) is 32.0 Å². The molecule has 5 aromatic rings. The van der Waals surface area contributed by atoms with E-state index >= 15 is 0 Å². The Morgan fingerprint density at radius 2 is 1.92 bits per heavy atom. The average molecular weight is 529 g/mol. The Morgan fingerprint density at radius 3 is 2.71 bits per heavy atom. The molecule has 1 amide bonds. The maximum Gasteiger partial charge on any atom is 0.411 e. The van der Waals surface area contributed by atoms with Gasteiger partial charge in [0.15, 0.2) is 0 Å². The number of nitrogens with one attached hydrogen (secondary N) is 1. The normalized spacial score (nSPS) is 16.3. The van der Waals surface area contributed by atoms with Gasteiger partial charge >= 0.3 is 6.09 Å². The van der Waals surface area contributed by atoms with Gasteiger partial charge in [-0.05, 0) is 50.6 Å². The second kappa shape index (κ2) is 9.18. The molecule has 38 heavy (non-hydrogen) atoms. The van der Waals surface area contributed by atoms with Crippen molar-refractivity contribution in [2.45, 2.75) is 32.8 Å². The Hall–Kier alpha value is -4.38. The van der Waals surface area contributed by atoms with E-state index in [-0.39, 0.29) is 6.61 Å². The van der Waals surface area contributed by atoms with Crippen LogP contribution in [0.3, 0.4) is 0 Å². The van der Waals surface area contributed by atoms with Crippen molar-refractivity contribution in [1.82, 2.24) is 24.9 Å². The first-order chi connectivity index (χ1) is 18.3. The van der Waals surface area contributed by atoms with Gasteiger partial charge in [-0.1, -0.05) is 0 Å². The molecule has 0 radical (unpaired) electrons. The van der Waals surface area contributed by atoms with E-state index in [2.05, 4.69) is 31.3 Å². The highest BCUT2D eigenvalue weighted by Gasteiger charge is 2.38. The summed E-state index contributed by atoms with van der Waals surface area (Å²) in [5.41, 5.74) is 5.20. The van der Waals surface area contributed by atoms with E-state index in [4.69, 9.17) is 19.2 Å². The fourth-order valence-corrected chi connectivity index (χ4v) is 5.62. The van der Waals surface area contributed by atoms with E-state index in [1.54, 1.807) is 31.6 Å². The van der Waals surface area contributed by atoms with Crippen molar-refractivity contribution < 1.29 is 19.0 Å². The van der Waals surface area contributed by atoms with Crippen LogP contribution in [-0.2, 0) is 11.2 Å². The molecule has 1 N–H and O–H groups in total. The average Bonchev–Trinajstić information content (AvgIpc) is 3.49. The molecule has 0 bridgehead atoms. The molecule has 0 saturated heterocycles. The van der Waals surface area contributed by atoms with Crippen LogP contribution >= 0.6 is 11.3 Å². The van der Waals surface area contributed by atoms with Crippen LogP contribution in [0.15, 0.2) is 42.9 Å². The van der Waals surface area contributed by atoms with Crippen LogP contribution in [0.5, 0.6) is 11.6 Å². The zero-order valence-electron chi connectivity index (χ0n) is 21.2. The number of hydrogen-bond donors (Lipinski definition) is 1. The summed E-state index contributed by atoms with van der Waals surface area (Å²) in [7, 11) is 1.58. The highest BCUT2D eigenvalue weighted by atomic mass is 32.1. The predicted molar refractivity (Wildman–Crippen MR) is 144 cm³/mol. The molecule has 0 saturated carbocycles. The van der Waals surface area contributed by atoms with Crippen LogP contribution < -0.4 is 14.8 Å². The van der Waals surface area contributed by atoms with E-state index in [0.29, 0.717) is 23.8 Å². The number of fused-ring (bicyclic) bond motifs is 4. The Labute approximate surface area is 222 Å². The molecule has 1 unspecified atom stereocenters. The molecule has 1 aliphatic heterocycles. The number of nitrogens with zero attached hydrogens (tertiary/aromatic N) is 5. The van der Waals surface area contributed by atoms with Crippen LogP contribution in [-0.4, -0.2) is 50.3 Å². The van der Waals surface area contributed by atoms with Crippen LogP contribution in [0.1, 0.15) is 23.9 Å². The number of anilines is 1. The summed E-state index contributed by atoms with van der Waals surface area (Å²) in [5, 5.41) is 3.49. The number of aromatic nitrogens is 5. The Kier molecular flexibility index (Phi) is 5.79. The van der Waals surface area contributed by atoms with Crippen LogP contribution in [0, 0.1) is 13.8 Å². The lowest BCUT2D eigenvalue weighted by molar-refractivity contribution is 0.0336. The summed E-state index contributed by atoms with van der Waals surface area (Å²) < 4.78 is 18.0. The zero-order valence-corrected chi connectivity index (χ0v) is 22.0. The second-order valence-corrected chi connectivity index (χ2v) is 10.4. The summed E-state index contributed by atoms with van der Waals surface area (Å²) in [6.45, 7) is 5.81. The predicted octanol–water partition coefficient (Wildman–Crippen LogP) is 5.26. The molecule has 0 spiro atoms. The highest BCUT2D eigenvalue weighted by Crippen LogP contribution is 2.44. The molecule has 1 atom stereocenters. The first-order valence-electron chi connectivity index (χ1n) is 12.0. The number of rotatable bonds is 5. The number of carbonyl (C=O) groups is 1. The number of thiazole rings is 1. The van der Waals surface area contributed by atoms with Crippen molar-refractivity contribution in [1.29, 1.82) is 0 Å². The standard InChI is InChI=1S/C27H24N6O4S/c1-14-7-17(23-20(8-14)32-22(35-4)12-30-23)25-33-19-5-6-21-18(24(19)38-25)9-27(3,37-21)13-36-26(34)31-16-10-28-15(2)29-11-16/h5-8,10-12H,9,13H2,1-4H3,(H,31,34). The van der Waals surface area contributed by atoms with Gasteiger partial charge in [-0.25, -0.2) is 29.7 Å². The van der Waals surface area contributed by atoms with E-state index < -0.39 is 11.7 Å². The number of aryl methyl sites for hydroxylation is 2. The van der Waals surface area contributed by atoms with E-state index in [9.17, 15) is 4.79 Å².